The van der Waals surface area contributed by atoms with Gasteiger partial charge in [-0.3, -0.25) is 0 Å². The molecule has 0 saturated carbocycles. The number of ether oxygens (including phenoxy) is 2. The van der Waals surface area contributed by atoms with E-state index in [9.17, 15) is 0 Å². The van der Waals surface area contributed by atoms with E-state index in [-0.39, 0.29) is 6.79 Å². The predicted molar refractivity (Wildman–Crippen MR) is 77.1 cm³/mol. The molecule has 0 unspecified atom stereocenters. The summed E-state index contributed by atoms with van der Waals surface area (Å²) in [5.74, 6) is 2.41. The zero-order chi connectivity index (χ0) is 13.7. The first-order valence-corrected chi connectivity index (χ1v) is 6.58. The molecule has 1 aromatic heterocycles. The van der Waals surface area contributed by atoms with E-state index in [1.54, 1.807) is 0 Å². The van der Waals surface area contributed by atoms with Crippen LogP contribution in [0.3, 0.4) is 0 Å². The Morgan fingerprint density at radius 1 is 1.00 bits per heavy atom. The number of hydrogen-bond acceptors (Lipinski definition) is 3. The fourth-order valence-corrected chi connectivity index (χ4v) is 2.45. The SMILES string of the molecule is Cc1cc2nc(-c3ccc4c(c3)OCO4)[nH]c2cc1C. The molecule has 0 bridgehead atoms. The Balaban J connectivity index is 1.86. The van der Waals surface area contributed by atoms with Crippen molar-refractivity contribution in [2.45, 2.75) is 13.8 Å². The Bertz CT molecular complexity index is 782. The van der Waals surface area contributed by atoms with Crippen molar-refractivity contribution in [3.63, 3.8) is 0 Å². The van der Waals surface area contributed by atoms with Crippen molar-refractivity contribution in [1.29, 1.82) is 0 Å². The molecule has 0 radical (unpaired) electrons. The van der Waals surface area contributed by atoms with Crippen molar-refractivity contribution in [2.75, 3.05) is 6.79 Å². The summed E-state index contributed by atoms with van der Waals surface area (Å²) < 4.78 is 10.7. The third kappa shape index (κ3) is 1.65. The maximum Gasteiger partial charge on any atom is 0.231 e. The summed E-state index contributed by atoms with van der Waals surface area (Å²) in [6.07, 6.45) is 0. The van der Waals surface area contributed by atoms with Crippen molar-refractivity contribution in [3.8, 4) is 22.9 Å². The summed E-state index contributed by atoms with van der Waals surface area (Å²) in [6.45, 7) is 4.50. The Kier molecular flexibility index (Phi) is 2.27. The molecule has 2 aromatic carbocycles. The largest absolute Gasteiger partial charge is 0.454 e. The first-order valence-electron chi connectivity index (χ1n) is 6.58. The molecule has 1 aliphatic heterocycles. The average molecular weight is 266 g/mol. The third-order valence-corrected chi connectivity index (χ3v) is 3.74. The molecule has 2 heterocycles. The molecule has 0 amide bonds. The molecule has 0 fully saturated rings. The number of H-pyrrole nitrogens is 1. The molecule has 20 heavy (non-hydrogen) atoms. The quantitative estimate of drug-likeness (QED) is 0.732. The maximum absolute atomic E-state index is 5.41. The molecule has 4 nitrogen and oxygen atoms in total. The van der Waals surface area contributed by atoms with Crippen LogP contribution in [0.4, 0.5) is 0 Å². The molecule has 0 atom stereocenters. The Hall–Kier alpha value is -2.49. The molecular formula is C16H14N2O2. The monoisotopic (exact) mass is 266 g/mol. The number of nitrogens with one attached hydrogen (secondary N) is 1. The number of benzene rings is 2. The lowest BCUT2D eigenvalue weighted by Crippen LogP contribution is -1.92. The lowest BCUT2D eigenvalue weighted by Gasteiger charge is -1.99. The molecule has 100 valence electrons. The van der Waals surface area contributed by atoms with E-state index >= 15 is 0 Å². The summed E-state index contributed by atoms with van der Waals surface area (Å²) in [6, 6.07) is 10.1. The van der Waals surface area contributed by atoms with E-state index in [1.807, 2.05) is 18.2 Å². The predicted octanol–water partition coefficient (Wildman–Crippen LogP) is 3.58. The van der Waals surface area contributed by atoms with E-state index in [1.165, 1.54) is 11.1 Å². The van der Waals surface area contributed by atoms with Crippen LogP contribution in [0.5, 0.6) is 11.5 Å². The van der Waals surface area contributed by atoms with Gasteiger partial charge in [-0.25, -0.2) is 4.98 Å². The second kappa shape index (κ2) is 4.00. The third-order valence-electron chi connectivity index (χ3n) is 3.74. The first-order chi connectivity index (χ1) is 9.70. The maximum atomic E-state index is 5.41. The molecule has 4 heteroatoms. The van der Waals surface area contributed by atoms with E-state index < -0.39 is 0 Å². The normalized spacial score (nSPS) is 13.1. The van der Waals surface area contributed by atoms with Crippen molar-refractivity contribution < 1.29 is 9.47 Å². The van der Waals surface area contributed by atoms with Gasteiger partial charge in [0, 0.05) is 5.56 Å². The minimum Gasteiger partial charge on any atom is -0.454 e. The fraction of sp³-hybridized carbons (Fsp3) is 0.188. The highest BCUT2D eigenvalue weighted by atomic mass is 16.7. The van der Waals surface area contributed by atoms with Crippen LogP contribution in [-0.4, -0.2) is 16.8 Å². The van der Waals surface area contributed by atoms with Gasteiger partial charge in [-0.1, -0.05) is 0 Å². The van der Waals surface area contributed by atoms with Crippen LogP contribution >= 0.6 is 0 Å². The van der Waals surface area contributed by atoms with Crippen LogP contribution in [0.15, 0.2) is 30.3 Å². The second-order valence-corrected chi connectivity index (χ2v) is 5.11. The highest BCUT2D eigenvalue weighted by Crippen LogP contribution is 2.35. The topological polar surface area (TPSA) is 47.1 Å². The van der Waals surface area contributed by atoms with Crippen LogP contribution in [0.1, 0.15) is 11.1 Å². The molecule has 1 aliphatic rings. The molecule has 0 aliphatic carbocycles. The van der Waals surface area contributed by atoms with Crippen molar-refractivity contribution in [1.82, 2.24) is 9.97 Å². The fourth-order valence-electron chi connectivity index (χ4n) is 2.45. The van der Waals surface area contributed by atoms with Crippen molar-refractivity contribution in [2.24, 2.45) is 0 Å². The standard InChI is InChI=1S/C16H14N2O2/c1-9-5-12-13(6-10(9)2)18-16(17-12)11-3-4-14-15(7-11)20-8-19-14/h3-7H,8H2,1-2H3,(H,17,18). The summed E-state index contributed by atoms with van der Waals surface area (Å²) in [7, 11) is 0. The van der Waals surface area contributed by atoms with Crippen LogP contribution in [0.25, 0.3) is 22.4 Å². The van der Waals surface area contributed by atoms with Gasteiger partial charge in [0.25, 0.3) is 0 Å². The minimum atomic E-state index is 0.289. The lowest BCUT2D eigenvalue weighted by molar-refractivity contribution is 0.174. The van der Waals surface area contributed by atoms with Crippen molar-refractivity contribution in [3.05, 3.63) is 41.5 Å². The zero-order valence-corrected chi connectivity index (χ0v) is 11.4. The van der Waals surface area contributed by atoms with Gasteiger partial charge in [0.15, 0.2) is 11.5 Å². The molecule has 3 aromatic rings. The Morgan fingerprint density at radius 3 is 2.70 bits per heavy atom. The zero-order valence-electron chi connectivity index (χ0n) is 11.4. The summed E-state index contributed by atoms with van der Waals surface area (Å²) in [5, 5.41) is 0. The minimum absolute atomic E-state index is 0.289. The Labute approximate surface area is 116 Å². The van der Waals surface area contributed by atoms with Gasteiger partial charge < -0.3 is 14.5 Å². The molecule has 1 N–H and O–H groups in total. The number of hydrogen-bond donors (Lipinski definition) is 1. The lowest BCUT2D eigenvalue weighted by atomic mass is 10.1. The van der Waals surface area contributed by atoms with Crippen LogP contribution < -0.4 is 9.47 Å². The van der Waals surface area contributed by atoms with Gasteiger partial charge in [0.05, 0.1) is 11.0 Å². The van der Waals surface area contributed by atoms with Gasteiger partial charge in [0.1, 0.15) is 5.82 Å². The number of aromatic amines is 1. The number of fused-ring (bicyclic) bond motifs is 2. The number of rotatable bonds is 1. The number of aromatic nitrogens is 2. The van der Waals surface area contributed by atoms with E-state index in [0.29, 0.717) is 0 Å². The molecular weight excluding hydrogens is 252 g/mol. The number of nitrogens with zero attached hydrogens (tertiary/aromatic N) is 1. The van der Waals surface area contributed by atoms with Crippen molar-refractivity contribution >= 4 is 11.0 Å². The number of imidazole rings is 1. The smallest absolute Gasteiger partial charge is 0.231 e. The number of aryl methyl sites for hydroxylation is 2. The Morgan fingerprint density at radius 2 is 1.80 bits per heavy atom. The van der Waals surface area contributed by atoms with Gasteiger partial charge in [-0.15, -0.1) is 0 Å². The second-order valence-electron chi connectivity index (χ2n) is 5.11. The van der Waals surface area contributed by atoms with Crippen LogP contribution in [-0.2, 0) is 0 Å². The van der Waals surface area contributed by atoms with Gasteiger partial charge >= 0.3 is 0 Å². The molecule has 0 saturated heterocycles. The van der Waals surface area contributed by atoms with Gasteiger partial charge in [-0.2, -0.15) is 0 Å². The first kappa shape index (κ1) is 11.3. The van der Waals surface area contributed by atoms with E-state index in [4.69, 9.17) is 9.47 Å². The summed E-state index contributed by atoms with van der Waals surface area (Å²) >= 11 is 0. The van der Waals surface area contributed by atoms with Gasteiger partial charge in [-0.05, 0) is 55.3 Å². The highest BCUT2D eigenvalue weighted by molar-refractivity contribution is 5.81. The highest BCUT2D eigenvalue weighted by Gasteiger charge is 2.15. The average Bonchev–Trinajstić information content (AvgIpc) is 3.04. The molecule has 0 spiro atoms. The molecule has 4 rings (SSSR count). The van der Waals surface area contributed by atoms with Gasteiger partial charge in [0.2, 0.25) is 6.79 Å². The van der Waals surface area contributed by atoms with Crippen LogP contribution in [0.2, 0.25) is 0 Å². The summed E-state index contributed by atoms with van der Waals surface area (Å²) in [4.78, 5) is 8.02. The summed E-state index contributed by atoms with van der Waals surface area (Å²) in [5.41, 5.74) is 5.56. The van der Waals surface area contributed by atoms with E-state index in [0.717, 1.165) is 33.9 Å². The van der Waals surface area contributed by atoms with E-state index in [2.05, 4.69) is 35.9 Å². The van der Waals surface area contributed by atoms with Crippen LogP contribution in [0, 0.1) is 13.8 Å².